The van der Waals surface area contributed by atoms with Gasteiger partial charge in [-0.3, -0.25) is 14.7 Å². The van der Waals surface area contributed by atoms with Gasteiger partial charge in [-0.15, -0.1) is 0 Å². The van der Waals surface area contributed by atoms with Crippen LogP contribution in [-0.2, 0) is 4.79 Å². The summed E-state index contributed by atoms with van der Waals surface area (Å²) in [6.45, 7) is 2.49. The van der Waals surface area contributed by atoms with E-state index in [-0.39, 0.29) is 18.1 Å². The van der Waals surface area contributed by atoms with Gasteiger partial charge in [-0.2, -0.15) is 5.10 Å². The van der Waals surface area contributed by atoms with Gasteiger partial charge >= 0.3 is 0 Å². The average Bonchev–Trinajstić information content (AvgIpc) is 3.56. The molecule has 10 heteroatoms. The molecule has 1 aliphatic heterocycles. The van der Waals surface area contributed by atoms with Gasteiger partial charge in [0, 0.05) is 47.6 Å². The van der Waals surface area contributed by atoms with Crippen LogP contribution in [0.5, 0.6) is 0 Å². The predicted molar refractivity (Wildman–Crippen MR) is 120 cm³/mol. The molecule has 34 heavy (non-hydrogen) atoms. The van der Waals surface area contributed by atoms with E-state index >= 15 is 0 Å². The van der Waals surface area contributed by atoms with Gasteiger partial charge in [-0.05, 0) is 43.2 Å². The number of fused-ring (bicyclic) bond motifs is 1. The molecule has 1 atom stereocenters. The third-order valence-electron chi connectivity index (χ3n) is 6.09. The lowest BCUT2D eigenvalue weighted by molar-refractivity contribution is -0.119. The third-order valence-corrected chi connectivity index (χ3v) is 6.09. The molecule has 4 aromatic rings. The van der Waals surface area contributed by atoms with E-state index in [1.807, 2.05) is 25.1 Å². The quantitative estimate of drug-likeness (QED) is 0.389. The van der Waals surface area contributed by atoms with Gasteiger partial charge in [-0.25, -0.2) is 13.2 Å². The van der Waals surface area contributed by atoms with Gasteiger partial charge in [0.15, 0.2) is 17.5 Å². The first-order valence-corrected chi connectivity index (χ1v) is 10.7. The Balaban J connectivity index is 1.27. The fourth-order valence-corrected chi connectivity index (χ4v) is 4.27. The number of amides is 2. The van der Waals surface area contributed by atoms with Crippen LogP contribution in [-0.4, -0.2) is 45.0 Å². The number of likely N-dealkylation sites (tertiary alicyclic amines) is 1. The number of nitrogens with one attached hydrogen (secondary N) is 3. The van der Waals surface area contributed by atoms with Crippen LogP contribution in [0.3, 0.4) is 0 Å². The van der Waals surface area contributed by atoms with E-state index in [1.54, 1.807) is 17.2 Å². The van der Waals surface area contributed by atoms with E-state index in [9.17, 15) is 22.8 Å². The molecule has 1 saturated heterocycles. The molecule has 2 aromatic heterocycles. The normalized spacial score (nSPS) is 15.8. The second kappa shape index (κ2) is 8.36. The van der Waals surface area contributed by atoms with Crippen LogP contribution in [0.4, 0.5) is 18.9 Å². The van der Waals surface area contributed by atoms with Crippen LogP contribution < -0.4 is 5.32 Å². The van der Waals surface area contributed by atoms with Crippen molar-refractivity contribution in [1.29, 1.82) is 0 Å². The van der Waals surface area contributed by atoms with Crippen molar-refractivity contribution < 1.29 is 22.8 Å². The summed E-state index contributed by atoms with van der Waals surface area (Å²) < 4.78 is 39.9. The highest BCUT2D eigenvalue weighted by Crippen LogP contribution is 2.28. The molecule has 174 valence electrons. The maximum atomic E-state index is 13.4. The molecule has 7 nitrogen and oxygen atoms in total. The summed E-state index contributed by atoms with van der Waals surface area (Å²) in [5, 5.41) is 10.3. The minimum atomic E-state index is -1.60. The highest BCUT2D eigenvalue weighted by Gasteiger charge is 2.32. The van der Waals surface area contributed by atoms with Crippen molar-refractivity contribution >= 4 is 28.4 Å². The largest absolute Gasteiger partial charge is 0.351 e. The lowest BCUT2D eigenvalue weighted by atomic mass is 10.0. The summed E-state index contributed by atoms with van der Waals surface area (Å²) in [7, 11) is 0. The lowest BCUT2D eigenvalue weighted by Gasteiger charge is -2.16. The number of nitrogens with zero attached hydrogens (tertiary/aromatic N) is 2. The number of hydrogen-bond acceptors (Lipinski definition) is 3. The number of rotatable bonds is 4. The van der Waals surface area contributed by atoms with E-state index in [4.69, 9.17) is 0 Å². The van der Waals surface area contributed by atoms with Gasteiger partial charge in [0.1, 0.15) is 5.69 Å². The van der Waals surface area contributed by atoms with Crippen LogP contribution in [0.15, 0.2) is 42.6 Å². The molecular weight excluding hydrogens is 447 g/mol. The summed E-state index contributed by atoms with van der Waals surface area (Å²) in [4.78, 5) is 30.3. The van der Waals surface area contributed by atoms with E-state index in [0.717, 1.165) is 39.9 Å². The van der Waals surface area contributed by atoms with Crippen LogP contribution >= 0.6 is 0 Å². The molecule has 0 spiro atoms. The Morgan fingerprint density at radius 3 is 2.65 bits per heavy atom. The predicted octanol–water partition coefficient (Wildman–Crippen LogP) is 4.38. The van der Waals surface area contributed by atoms with Crippen molar-refractivity contribution in [2.45, 2.75) is 13.3 Å². The lowest BCUT2D eigenvalue weighted by Crippen LogP contribution is -2.31. The number of hydrogen-bond donors (Lipinski definition) is 3. The van der Waals surface area contributed by atoms with Gasteiger partial charge in [0.25, 0.3) is 5.91 Å². The number of anilines is 1. The van der Waals surface area contributed by atoms with Crippen LogP contribution in [0.1, 0.15) is 22.5 Å². The molecule has 0 aliphatic carbocycles. The van der Waals surface area contributed by atoms with Crippen molar-refractivity contribution in [1.82, 2.24) is 20.1 Å². The second-order valence-corrected chi connectivity index (χ2v) is 8.39. The average molecular weight is 467 g/mol. The summed E-state index contributed by atoms with van der Waals surface area (Å²) >= 11 is 0. The van der Waals surface area contributed by atoms with Gasteiger partial charge in [0.05, 0.1) is 17.6 Å². The highest BCUT2D eigenvalue weighted by atomic mass is 19.2. The molecular formula is C24H20F3N5O2. The molecule has 1 aliphatic rings. The first kappa shape index (κ1) is 21.7. The van der Waals surface area contributed by atoms with E-state index < -0.39 is 29.3 Å². The summed E-state index contributed by atoms with van der Waals surface area (Å²) in [6, 6.07) is 8.96. The number of aromatic amines is 2. The topological polar surface area (TPSA) is 93.9 Å². The van der Waals surface area contributed by atoms with Crippen molar-refractivity contribution in [3.8, 4) is 11.3 Å². The van der Waals surface area contributed by atoms with Crippen LogP contribution in [0.2, 0.25) is 0 Å². The van der Waals surface area contributed by atoms with Crippen molar-refractivity contribution in [2.75, 3.05) is 18.4 Å². The van der Waals surface area contributed by atoms with Crippen LogP contribution in [0, 0.1) is 30.3 Å². The van der Waals surface area contributed by atoms with E-state index in [2.05, 4.69) is 20.5 Å². The summed E-state index contributed by atoms with van der Waals surface area (Å²) in [6.07, 6.45) is 2.13. The number of benzene rings is 2. The van der Waals surface area contributed by atoms with Gasteiger partial charge in [-0.1, -0.05) is 0 Å². The van der Waals surface area contributed by atoms with Crippen molar-refractivity contribution in [3.63, 3.8) is 0 Å². The number of H-pyrrole nitrogens is 2. The molecule has 0 bridgehead atoms. The molecule has 0 unspecified atom stereocenters. The van der Waals surface area contributed by atoms with Gasteiger partial charge in [0.2, 0.25) is 5.91 Å². The first-order valence-electron chi connectivity index (χ1n) is 10.7. The Bertz CT molecular complexity index is 1400. The first-order chi connectivity index (χ1) is 16.3. The fraction of sp³-hybridized carbons (Fsp3) is 0.208. The zero-order valence-electron chi connectivity index (χ0n) is 18.1. The monoisotopic (exact) mass is 467 g/mol. The Labute approximate surface area is 192 Å². The molecule has 5 rings (SSSR count). The number of aryl methyl sites for hydroxylation is 1. The minimum Gasteiger partial charge on any atom is -0.351 e. The zero-order chi connectivity index (χ0) is 24.0. The standard InChI is InChI=1S/C24H20F3N5O2/c1-12-6-21-14(10-28-31-21)7-16(12)19-2-3-20(30-19)24(34)32-5-4-13(11-32)23(33)29-15-8-17(25)22(27)18(26)9-15/h2-3,6-10,13,30H,4-5,11H2,1H3,(H,28,31)(H,29,33)/t13-/m0/s1. The maximum Gasteiger partial charge on any atom is 0.270 e. The Morgan fingerprint density at radius 2 is 1.88 bits per heavy atom. The molecule has 0 radical (unpaired) electrons. The van der Waals surface area contributed by atoms with E-state index in [0.29, 0.717) is 18.7 Å². The minimum absolute atomic E-state index is 0.158. The van der Waals surface area contributed by atoms with Crippen molar-refractivity contribution in [2.24, 2.45) is 5.92 Å². The highest BCUT2D eigenvalue weighted by molar-refractivity contribution is 5.96. The number of carbonyl (C=O) groups excluding carboxylic acids is 2. The molecule has 3 heterocycles. The molecule has 2 aromatic carbocycles. The van der Waals surface area contributed by atoms with Gasteiger partial charge < -0.3 is 15.2 Å². The molecule has 1 fully saturated rings. The summed E-state index contributed by atoms with van der Waals surface area (Å²) in [5.74, 6) is -5.66. The van der Waals surface area contributed by atoms with Crippen molar-refractivity contribution in [3.05, 3.63) is 71.3 Å². The smallest absolute Gasteiger partial charge is 0.270 e. The number of aromatic nitrogens is 3. The Morgan fingerprint density at radius 1 is 1.12 bits per heavy atom. The fourth-order valence-electron chi connectivity index (χ4n) is 4.27. The van der Waals surface area contributed by atoms with Crippen LogP contribution in [0.25, 0.3) is 22.2 Å². The Hall–Kier alpha value is -4.08. The second-order valence-electron chi connectivity index (χ2n) is 8.39. The molecule has 2 amide bonds. The number of carbonyl (C=O) groups is 2. The zero-order valence-corrected chi connectivity index (χ0v) is 18.1. The summed E-state index contributed by atoms with van der Waals surface area (Å²) in [5.41, 5.74) is 3.90. The number of halogens is 3. The Kier molecular flexibility index (Phi) is 5.35. The SMILES string of the molecule is Cc1cc2[nH]ncc2cc1-c1ccc(C(=O)N2CC[C@H](C(=O)Nc3cc(F)c(F)c(F)c3)C2)[nH]1. The van der Waals surface area contributed by atoms with E-state index in [1.165, 1.54) is 0 Å². The molecule has 3 N–H and O–H groups in total. The molecule has 0 saturated carbocycles. The third kappa shape index (κ3) is 3.91. The maximum absolute atomic E-state index is 13.4.